The van der Waals surface area contributed by atoms with E-state index in [0.717, 1.165) is 10.1 Å². The average Bonchev–Trinajstić information content (AvgIpc) is 2.80. The van der Waals surface area contributed by atoms with E-state index in [1.165, 1.54) is 11.3 Å². The van der Waals surface area contributed by atoms with E-state index >= 15 is 0 Å². The smallest absolute Gasteiger partial charge is 0.261 e. The van der Waals surface area contributed by atoms with E-state index in [9.17, 15) is 4.79 Å². The van der Waals surface area contributed by atoms with Crippen LogP contribution in [0.4, 0.5) is 0 Å². The van der Waals surface area contributed by atoms with Gasteiger partial charge in [-0.25, -0.2) is 0 Å². The van der Waals surface area contributed by atoms with Crippen LogP contribution < -0.4 is 5.32 Å². The summed E-state index contributed by atoms with van der Waals surface area (Å²) in [6, 6.07) is 9.83. The second-order valence-electron chi connectivity index (χ2n) is 3.91. The van der Waals surface area contributed by atoms with Gasteiger partial charge in [0.1, 0.15) is 0 Å². The lowest BCUT2D eigenvalue weighted by molar-refractivity contribution is 0.0953. The summed E-state index contributed by atoms with van der Waals surface area (Å²) in [6.45, 7) is 0.830. The summed E-state index contributed by atoms with van der Waals surface area (Å²) in [5.74, 6) is -0.0852. The Kier molecular flexibility index (Phi) is 4.58. The number of methoxy groups -OCH3 is 1. The predicted molar refractivity (Wildman–Crippen MR) is 75.7 cm³/mol. The van der Waals surface area contributed by atoms with Gasteiger partial charge in [-0.1, -0.05) is 18.2 Å². The highest BCUT2D eigenvalue weighted by atomic mass is 35.5. The first-order chi connectivity index (χ1) is 8.70. The van der Waals surface area contributed by atoms with E-state index in [-0.39, 0.29) is 11.3 Å². The Morgan fingerprint density at radius 1 is 1.50 bits per heavy atom. The molecule has 0 saturated heterocycles. The standard InChI is InChI=1S/C13H14ClNO2S/c1-17-8-10(14)7-15-13(16)12-6-9-4-2-3-5-11(9)18-12/h2-6,10H,7-8H2,1H3,(H,15,16). The number of benzene rings is 1. The van der Waals surface area contributed by atoms with Crippen molar-refractivity contribution >= 4 is 38.9 Å². The summed E-state index contributed by atoms with van der Waals surface area (Å²) in [5, 5.41) is 3.69. The lowest BCUT2D eigenvalue weighted by Crippen LogP contribution is -2.31. The third-order valence-electron chi connectivity index (χ3n) is 2.48. The first-order valence-electron chi connectivity index (χ1n) is 5.60. The van der Waals surface area contributed by atoms with Crippen molar-refractivity contribution in [1.82, 2.24) is 5.32 Å². The average molecular weight is 284 g/mol. The van der Waals surface area contributed by atoms with Gasteiger partial charge in [0.05, 0.1) is 16.9 Å². The molecule has 1 N–H and O–H groups in total. The molecule has 0 aliphatic heterocycles. The van der Waals surface area contributed by atoms with Crippen molar-refractivity contribution in [3.63, 3.8) is 0 Å². The van der Waals surface area contributed by atoms with Crippen LogP contribution in [0.25, 0.3) is 10.1 Å². The van der Waals surface area contributed by atoms with Crippen LogP contribution in [0, 0.1) is 0 Å². The van der Waals surface area contributed by atoms with Gasteiger partial charge in [-0.3, -0.25) is 4.79 Å². The monoisotopic (exact) mass is 283 g/mol. The van der Waals surface area contributed by atoms with Crippen molar-refractivity contribution in [2.75, 3.05) is 20.3 Å². The summed E-state index contributed by atoms with van der Waals surface area (Å²) >= 11 is 7.44. The normalized spacial score (nSPS) is 12.6. The molecule has 1 aromatic heterocycles. The maximum Gasteiger partial charge on any atom is 0.261 e. The van der Waals surface area contributed by atoms with Crippen LogP contribution in [0.3, 0.4) is 0 Å². The minimum absolute atomic E-state index is 0.0852. The number of carbonyl (C=O) groups excluding carboxylic acids is 1. The highest BCUT2D eigenvalue weighted by Gasteiger charge is 2.11. The molecule has 0 spiro atoms. The van der Waals surface area contributed by atoms with Crippen molar-refractivity contribution in [1.29, 1.82) is 0 Å². The summed E-state index contributed by atoms with van der Waals surface area (Å²) in [7, 11) is 1.59. The maximum absolute atomic E-state index is 11.9. The lowest BCUT2D eigenvalue weighted by atomic mass is 10.2. The van der Waals surface area contributed by atoms with Crippen molar-refractivity contribution in [3.05, 3.63) is 35.2 Å². The molecule has 1 atom stereocenters. The molecule has 5 heteroatoms. The summed E-state index contributed by atoms with van der Waals surface area (Å²) in [6.07, 6.45) is 0. The number of thiophene rings is 1. The molecule has 1 unspecified atom stereocenters. The fourth-order valence-electron chi connectivity index (χ4n) is 1.62. The SMILES string of the molecule is COCC(Cl)CNC(=O)c1cc2ccccc2s1. The first kappa shape index (κ1) is 13.3. The Morgan fingerprint density at radius 3 is 3.00 bits per heavy atom. The van der Waals surface area contributed by atoms with E-state index in [1.807, 2.05) is 30.3 Å². The molecule has 0 bridgehead atoms. The summed E-state index contributed by atoms with van der Waals surface area (Å²) < 4.78 is 6.02. The quantitative estimate of drug-likeness (QED) is 0.857. The summed E-state index contributed by atoms with van der Waals surface area (Å²) in [5.41, 5.74) is 0. The van der Waals surface area contributed by atoms with Crippen LogP contribution >= 0.6 is 22.9 Å². The van der Waals surface area contributed by atoms with Gasteiger partial charge in [-0.2, -0.15) is 0 Å². The molecule has 18 heavy (non-hydrogen) atoms. The fraction of sp³-hybridized carbons (Fsp3) is 0.308. The second-order valence-corrected chi connectivity index (χ2v) is 5.61. The zero-order valence-electron chi connectivity index (χ0n) is 9.98. The Hall–Kier alpha value is -1.10. The zero-order chi connectivity index (χ0) is 13.0. The van der Waals surface area contributed by atoms with Gasteiger partial charge >= 0.3 is 0 Å². The van der Waals surface area contributed by atoms with Gasteiger partial charge in [0.15, 0.2) is 0 Å². The van der Waals surface area contributed by atoms with Gasteiger partial charge in [-0.15, -0.1) is 22.9 Å². The van der Waals surface area contributed by atoms with Crippen molar-refractivity contribution in [3.8, 4) is 0 Å². The molecule has 0 saturated carbocycles. The number of carbonyl (C=O) groups is 1. The van der Waals surface area contributed by atoms with Crippen LogP contribution in [0.5, 0.6) is 0 Å². The highest BCUT2D eigenvalue weighted by Crippen LogP contribution is 2.24. The molecule has 0 radical (unpaired) electrons. The van der Waals surface area contributed by atoms with E-state index in [1.54, 1.807) is 7.11 Å². The van der Waals surface area contributed by atoms with Gasteiger partial charge in [0, 0.05) is 18.4 Å². The molecule has 1 aromatic carbocycles. The molecule has 96 valence electrons. The third kappa shape index (κ3) is 3.22. The molecule has 0 aliphatic carbocycles. The topological polar surface area (TPSA) is 38.3 Å². The molecule has 0 fully saturated rings. The molecule has 2 rings (SSSR count). The maximum atomic E-state index is 11.9. The third-order valence-corrected chi connectivity index (χ3v) is 3.88. The van der Waals surface area contributed by atoms with E-state index in [2.05, 4.69) is 5.32 Å². The lowest BCUT2D eigenvalue weighted by Gasteiger charge is -2.08. The number of nitrogens with one attached hydrogen (secondary N) is 1. The fourth-order valence-corrected chi connectivity index (χ4v) is 2.81. The number of halogens is 1. The van der Waals surface area contributed by atoms with Crippen molar-refractivity contribution < 1.29 is 9.53 Å². The van der Waals surface area contributed by atoms with Gasteiger partial charge in [-0.05, 0) is 17.5 Å². The van der Waals surface area contributed by atoms with Gasteiger partial charge < -0.3 is 10.1 Å². The van der Waals surface area contributed by atoms with E-state index in [4.69, 9.17) is 16.3 Å². The van der Waals surface area contributed by atoms with Crippen LogP contribution in [0.15, 0.2) is 30.3 Å². The van der Waals surface area contributed by atoms with E-state index < -0.39 is 0 Å². The van der Waals surface area contributed by atoms with Crippen molar-refractivity contribution in [2.45, 2.75) is 5.38 Å². The number of amides is 1. The van der Waals surface area contributed by atoms with E-state index in [0.29, 0.717) is 18.0 Å². The molecule has 1 amide bonds. The number of hydrogen-bond acceptors (Lipinski definition) is 3. The minimum atomic E-state index is -0.201. The van der Waals surface area contributed by atoms with Crippen LogP contribution in [-0.4, -0.2) is 31.5 Å². The largest absolute Gasteiger partial charge is 0.383 e. The minimum Gasteiger partial charge on any atom is -0.383 e. The molecule has 2 aromatic rings. The predicted octanol–water partition coefficient (Wildman–Crippen LogP) is 2.88. The van der Waals surface area contributed by atoms with Crippen LogP contribution in [-0.2, 0) is 4.74 Å². The molecular weight excluding hydrogens is 270 g/mol. The van der Waals surface area contributed by atoms with Crippen LogP contribution in [0.1, 0.15) is 9.67 Å². The van der Waals surface area contributed by atoms with Crippen molar-refractivity contribution in [2.24, 2.45) is 0 Å². The number of hydrogen-bond donors (Lipinski definition) is 1. The van der Waals surface area contributed by atoms with Gasteiger partial charge in [0.2, 0.25) is 0 Å². The molecule has 0 aliphatic rings. The number of fused-ring (bicyclic) bond motifs is 1. The zero-order valence-corrected chi connectivity index (χ0v) is 11.6. The molecular formula is C13H14ClNO2S. The number of rotatable bonds is 5. The highest BCUT2D eigenvalue weighted by molar-refractivity contribution is 7.20. The summed E-state index contributed by atoms with van der Waals surface area (Å²) in [4.78, 5) is 12.6. The number of ether oxygens (including phenoxy) is 1. The Bertz CT molecular complexity index is 508. The first-order valence-corrected chi connectivity index (χ1v) is 6.86. The molecule has 1 heterocycles. The Morgan fingerprint density at radius 2 is 2.28 bits per heavy atom. The second kappa shape index (κ2) is 6.18. The van der Waals surface area contributed by atoms with Gasteiger partial charge in [0.25, 0.3) is 5.91 Å². The number of alkyl halides is 1. The Balaban J connectivity index is 2.00. The van der Waals surface area contributed by atoms with Crippen LogP contribution in [0.2, 0.25) is 0 Å². The molecule has 3 nitrogen and oxygen atoms in total. The Labute approximate surface area is 115 Å².